The molecule has 0 unspecified atom stereocenters. The molecule has 0 fully saturated rings. The van der Waals surface area contributed by atoms with Gasteiger partial charge in [0.05, 0.1) is 10.7 Å². The van der Waals surface area contributed by atoms with E-state index in [0.29, 0.717) is 10.1 Å². The Morgan fingerprint density at radius 1 is 1.32 bits per heavy atom. The zero-order chi connectivity index (χ0) is 15.9. The van der Waals surface area contributed by atoms with Crippen molar-refractivity contribution in [2.75, 3.05) is 11.9 Å². The molecule has 2 rings (SSSR count). The van der Waals surface area contributed by atoms with E-state index in [1.807, 2.05) is 29.9 Å². The Bertz CT molecular complexity index is 602. The summed E-state index contributed by atoms with van der Waals surface area (Å²) in [6, 6.07) is 8.30. The van der Waals surface area contributed by atoms with Gasteiger partial charge in [0, 0.05) is 25.0 Å². The highest BCUT2D eigenvalue weighted by atomic mass is 35.5. The summed E-state index contributed by atoms with van der Waals surface area (Å²) < 4.78 is 1.86. The van der Waals surface area contributed by atoms with E-state index in [1.165, 1.54) is 5.56 Å². The number of hydrogen-bond acceptors (Lipinski definition) is 2. The van der Waals surface area contributed by atoms with E-state index in [1.54, 1.807) is 0 Å². The average Bonchev–Trinajstić information content (AvgIpc) is 2.83. The van der Waals surface area contributed by atoms with Crippen molar-refractivity contribution in [3.63, 3.8) is 0 Å². The molecule has 0 radical (unpaired) electrons. The van der Waals surface area contributed by atoms with Gasteiger partial charge < -0.3 is 10.6 Å². The molecule has 0 amide bonds. The number of halogens is 1. The van der Waals surface area contributed by atoms with Gasteiger partial charge in [-0.3, -0.25) is 4.68 Å². The number of nitrogens with one attached hydrogen (secondary N) is 2. The molecule has 0 saturated heterocycles. The van der Waals surface area contributed by atoms with E-state index in [2.05, 4.69) is 34.8 Å². The standard InChI is InChI=1S/C16H21ClN4S/c1-3-13-5-7-14(8-6-13)19-16(22)18-9-4-10-21-11-15(17)12(2)20-21/h5-8,11H,3-4,9-10H2,1-2H3,(H2,18,19,22). The number of aryl methyl sites for hydroxylation is 3. The SMILES string of the molecule is CCc1ccc(NC(=S)NCCCn2cc(Cl)c(C)n2)cc1. The third kappa shape index (κ3) is 5.00. The van der Waals surface area contributed by atoms with Gasteiger partial charge in [-0.05, 0) is 49.7 Å². The number of anilines is 1. The number of nitrogens with zero attached hydrogens (tertiary/aromatic N) is 2. The maximum Gasteiger partial charge on any atom is 0.170 e. The van der Waals surface area contributed by atoms with E-state index in [-0.39, 0.29) is 0 Å². The molecule has 2 aromatic rings. The Labute approximate surface area is 141 Å². The molecule has 1 aromatic carbocycles. The van der Waals surface area contributed by atoms with Crippen molar-refractivity contribution in [2.45, 2.75) is 33.2 Å². The zero-order valence-corrected chi connectivity index (χ0v) is 14.5. The van der Waals surface area contributed by atoms with Gasteiger partial charge in [-0.15, -0.1) is 0 Å². The largest absolute Gasteiger partial charge is 0.362 e. The summed E-state index contributed by atoms with van der Waals surface area (Å²) in [5.41, 5.74) is 3.18. The highest BCUT2D eigenvalue weighted by molar-refractivity contribution is 7.80. The number of rotatable bonds is 6. The first-order valence-corrected chi connectivity index (χ1v) is 8.20. The highest BCUT2D eigenvalue weighted by Gasteiger charge is 2.02. The summed E-state index contributed by atoms with van der Waals surface area (Å²) in [5, 5.41) is 12.0. The molecular weight excluding hydrogens is 316 g/mol. The molecule has 6 heteroatoms. The van der Waals surface area contributed by atoms with Crippen LogP contribution in [0.5, 0.6) is 0 Å². The second-order valence-corrected chi connectivity index (χ2v) is 5.93. The third-order valence-corrected chi connectivity index (χ3v) is 3.97. The summed E-state index contributed by atoms with van der Waals surface area (Å²) in [6.45, 7) is 5.65. The predicted octanol–water partition coefficient (Wildman–Crippen LogP) is 3.78. The average molecular weight is 337 g/mol. The van der Waals surface area contributed by atoms with E-state index < -0.39 is 0 Å². The van der Waals surface area contributed by atoms with Crippen LogP contribution in [0, 0.1) is 6.92 Å². The smallest absolute Gasteiger partial charge is 0.170 e. The lowest BCUT2D eigenvalue weighted by molar-refractivity contribution is 0.570. The van der Waals surface area contributed by atoms with E-state index in [4.69, 9.17) is 23.8 Å². The van der Waals surface area contributed by atoms with Crippen molar-refractivity contribution in [1.82, 2.24) is 15.1 Å². The lowest BCUT2D eigenvalue weighted by atomic mass is 10.1. The van der Waals surface area contributed by atoms with Crippen molar-refractivity contribution in [3.8, 4) is 0 Å². The molecule has 1 heterocycles. The zero-order valence-electron chi connectivity index (χ0n) is 12.9. The number of hydrogen-bond donors (Lipinski definition) is 2. The summed E-state index contributed by atoms with van der Waals surface area (Å²) >= 11 is 11.3. The van der Waals surface area contributed by atoms with Gasteiger partial charge in [-0.2, -0.15) is 5.10 Å². The minimum absolute atomic E-state index is 0.638. The van der Waals surface area contributed by atoms with Crippen LogP contribution in [-0.4, -0.2) is 21.4 Å². The van der Waals surface area contributed by atoms with Gasteiger partial charge in [0.2, 0.25) is 0 Å². The van der Waals surface area contributed by atoms with Gasteiger partial charge in [-0.25, -0.2) is 0 Å². The van der Waals surface area contributed by atoms with Crippen molar-refractivity contribution in [1.29, 1.82) is 0 Å². The fraction of sp³-hybridized carbons (Fsp3) is 0.375. The highest BCUT2D eigenvalue weighted by Crippen LogP contribution is 2.12. The van der Waals surface area contributed by atoms with Crippen LogP contribution in [0.4, 0.5) is 5.69 Å². The summed E-state index contributed by atoms with van der Waals surface area (Å²) in [4.78, 5) is 0. The normalized spacial score (nSPS) is 10.5. The second kappa shape index (κ2) is 8.15. The first kappa shape index (κ1) is 16.8. The maximum absolute atomic E-state index is 5.97. The molecule has 0 spiro atoms. The molecule has 1 aromatic heterocycles. The van der Waals surface area contributed by atoms with E-state index >= 15 is 0 Å². The molecule has 0 saturated carbocycles. The number of aromatic nitrogens is 2. The quantitative estimate of drug-likeness (QED) is 0.622. The van der Waals surface area contributed by atoms with Crippen molar-refractivity contribution in [3.05, 3.63) is 46.7 Å². The van der Waals surface area contributed by atoms with Crippen LogP contribution in [0.3, 0.4) is 0 Å². The second-order valence-electron chi connectivity index (χ2n) is 5.11. The Morgan fingerprint density at radius 2 is 2.05 bits per heavy atom. The van der Waals surface area contributed by atoms with Gasteiger partial charge in [0.25, 0.3) is 0 Å². The first-order valence-electron chi connectivity index (χ1n) is 7.42. The fourth-order valence-electron chi connectivity index (χ4n) is 2.05. The minimum atomic E-state index is 0.638. The van der Waals surface area contributed by atoms with E-state index in [0.717, 1.165) is 37.3 Å². The number of benzene rings is 1. The molecule has 0 atom stereocenters. The molecule has 0 bridgehead atoms. The monoisotopic (exact) mass is 336 g/mol. The lowest BCUT2D eigenvalue weighted by Crippen LogP contribution is -2.29. The maximum atomic E-state index is 5.97. The molecule has 0 aliphatic rings. The van der Waals surface area contributed by atoms with Crippen LogP contribution in [0.2, 0.25) is 5.02 Å². The topological polar surface area (TPSA) is 41.9 Å². The number of thiocarbonyl (C=S) groups is 1. The first-order chi connectivity index (χ1) is 10.6. The molecule has 4 nitrogen and oxygen atoms in total. The third-order valence-electron chi connectivity index (χ3n) is 3.36. The lowest BCUT2D eigenvalue weighted by Gasteiger charge is -2.11. The summed E-state index contributed by atoms with van der Waals surface area (Å²) in [7, 11) is 0. The fourth-order valence-corrected chi connectivity index (χ4v) is 2.42. The van der Waals surface area contributed by atoms with Crippen LogP contribution in [0.25, 0.3) is 0 Å². The van der Waals surface area contributed by atoms with Crippen LogP contribution in [0.15, 0.2) is 30.5 Å². The van der Waals surface area contributed by atoms with Gasteiger partial charge in [0.1, 0.15) is 0 Å². The molecule has 2 N–H and O–H groups in total. The van der Waals surface area contributed by atoms with Gasteiger partial charge in [-0.1, -0.05) is 30.7 Å². The van der Waals surface area contributed by atoms with Crippen LogP contribution in [-0.2, 0) is 13.0 Å². The molecule has 0 aliphatic carbocycles. The summed E-state index contributed by atoms with van der Waals surface area (Å²) in [5.74, 6) is 0. The van der Waals surface area contributed by atoms with Gasteiger partial charge in [0.15, 0.2) is 5.11 Å². The van der Waals surface area contributed by atoms with Crippen molar-refractivity contribution < 1.29 is 0 Å². The Kier molecular flexibility index (Phi) is 6.21. The van der Waals surface area contributed by atoms with E-state index in [9.17, 15) is 0 Å². The molecule has 0 aliphatic heterocycles. The van der Waals surface area contributed by atoms with Crippen LogP contribution in [0.1, 0.15) is 24.6 Å². The summed E-state index contributed by atoms with van der Waals surface area (Å²) in [6.07, 6.45) is 3.82. The van der Waals surface area contributed by atoms with Crippen LogP contribution >= 0.6 is 23.8 Å². The molecular formula is C16H21ClN4S. The molecule has 22 heavy (non-hydrogen) atoms. The van der Waals surface area contributed by atoms with Crippen molar-refractivity contribution >= 4 is 34.6 Å². The predicted molar refractivity (Wildman–Crippen MR) is 96.6 cm³/mol. The Morgan fingerprint density at radius 3 is 2.64 bits per heavy atom. The van der Waals surface area contributed by atoms with Crippen molar-refractivity contribution in [2.24, 2.45) is 0 Å². The Balaban J connectivity index is 1.68. The minimum Gasteiger partial charge on any atom is -0.362 e. The van der Waals surface area contributed by atoms with Crippen LogP contribution < -0.4 is 10.6 Å². The molecule has 118 valence electrons. The Hall–Kier alpha value is -1.59. The van der Waals surface area contributed by atoms with Gasteiger partial charge >= 0.3 is 0 Å².